The van der Waals surface area contributed by atoms with E-state index in [0.29, 0.717) is 40.2 Å². The van der Waals surface area contributed by atoms with Gasteiger partial charge in [-0.15, -0.1) is 0 Å². The van der Waals surface area contributed by atoms with E-state index >= 15 is 0 Å². The molecule has 51 heavy (non-hydrogen) atoms. The lowest BCUT2D eigenvalue weighted by molar-refractivity contribution is -0.677. The first kappa shape index (κ1) is 40.1. The van der Waals surface area contributed by atoms with Gasteiger partial charge >= 0.3 is 5.89 Å². The van der Waals surface area contributed by atoms with E-state index < -0.39 is 31.7 Å². The van der Waals surface area contributed by atoms with Gasteiger partial charge in [0.2, 0.25) is 11.5 Å². The van der Waals surface area contributed by atoms with Gasteiger partial charge < -0.3 is 23.5 Å². The SMILES string of the molecule is CCC(=C/c1oc2ccc(-c3ccccc3)cc2[n+]1CCCS(=O)(=O)O)/C=C1\Oc2ccc(Cl)cc2N1CCCS(=O)(=O)[O-].CCN(CC)CC. The van der Waals surface area contributed by atoms with Crippen LogP contribution < -0.4 is 14.2 Å². The van der Waals surface area contributed by atoms with Crippen molar-refractivity contribution in [1.82, 2.24) is 4.90 Å². The fraction of sp³-hybridized carbons (Fsp3) is 0.378. The fourth-order valence-corrected chi connectivity index (χ4v) is 6.84. The summed E-state index contributed by atoms with van der Waals surface area (Å²) < 4.78 is 80.2. The van der Waals surface area contributed by atoms with Crippen LogP contribution in [0.3, 0.4) is 0 Å². The van der Waals surface area contributed by atoms with Gasteiger partial charge in [-0.3, -0.25) is 4.55 Å². The minimum Gasteiger partial charge on any atom is -0.748 e. The predicted molar refractivity (Wildman–Crippen MR) is 201 cm³/mol. The molecule has 4 aromatic rings. The number of anilines is 1. The van der Waals surface area contributed by atoms with Gasteiger partial charge in [0, 0.05) is 35.9 Å². The second kappa shape index (κ2) is 18.2. The van der Waals surface area contributed by atoms with Gasteiger partial charge in [-0.1, -0.05) is 75.7 Å². The van der Waals surface area contributed by atoms with Gasteiger partial charge in [-0.2, -0.15) is 13.0 Å². The summed E-state index contributed by atoms with van der Waals surface area (Å²) >= 11 is 6.23. The summed E-state index contributed by atoms with van der Waals surface area (Å²) in [4.78, 5) is 4.15. The number of hydrogen-bond acceptors (Lipinski definition) is 9. The van der Waals surface area contributed by atoms with Crippen LogP contribution in [0.2, 0.25) is 5.02 Å². The number of benzene rings is 3. The van der Waals surface area contributed by atoms with Gasteiger partial charge in [0.25, 0.3) is 15.6 Å². The molecule has 276 valence electrons. The van der Waals surface area contributed by atoms with Crippen LogP contribution in [0.5, 0.6) is 5.75 Å². The molecular weight excluding hydrogens is 714 g/mol. The van der Waals surface area contributed by atoms with Crippen LogP contribution in [-0.4, -0.2) is 68.5 Å². The molecule has 1 N–H and O–H groups in total. The normalized spacial score (nSPS) is 14.2. The lowest BCUT2D eigenvalue weighted by atomic mass is 10.1. The lowest BCUT2D eigenvalue weighted by Gasteiger charge is -2.19. The maximum Gasteiger partial charge on any atom is 0.374 e. The predicted octanol–water partition coefficient (Wildman–Crippen LogP) is 7.14. The maximum absolute atomic E-state index is 11.5. The Kier molecular flexibility index (Phi) is 14.3. The molecule has 0 saturated heterocycles. The Morgan fingerprint density at radius 3 is 2.24 bits per heavy atom. The van der Waals surface area contributed by atoms with Crippen LogP contribution in [0, 0.1) is 0 Å². The summed E-state index contributed by atoms with van der Waals surface area (Å²) in [6, 6.07) is 20.8. The first-order chi connectivity index (χ1) is 24.2. The van der Waals surface area contributed by atoms with Crippen LogP contribution in [0.1, 0.15) is 52.8 Å². The molecule has 11 nitrogen and oxygen atoms in total. The van der Waals surface area contributed by atoms with Crippen molar-refractivity contribution < 1.29 is 39.7 Å². The second-order valence-electron chi connectivity index (χ2n) is 11.9. The molecule has 0 amide bonds. The van der Waals surface area contributed by atoms with Crippen molar-refractivity contribution in [1.29, 1.82) is 0 Å². The standard InChI is InChI=1S/C31H31ClN2O8S2.C6H15N/c1-2-22(19-31-34(15-7-17-44(38,39)40)27-21-25(32)11-13-29(27)42-31)18-30-33(14-6-16-43(35,36)37)26-20-24(10-12-28(26)41-30)23-8-4-3-5-9-23;1-4-7(5-2)6-3/h3-5,8-13,18-21H,2,6-7,14-17H2,1H3,(H-,35,36,37,38,39,40);4-6H2,1-3H3. The van der Waals surface area contributed by atoms with Gasteiger partial charge in [0.1, 0.15) is 0 Å². The van der Waals surface area contributed by atoms with Crippen LogP contribution in [-0.2, 0) is 26.8 Å². The van der Waals surface area contributed by atoms with E-state index in [1.807, 2.05) is 72.2 Å². The number of allylic oxidation sites excluding steroid dienone is 2. The molecule has 0 atom stereocenters. The zero-order valence-corrected chi connectivity index (χ0v) is 31.8. The molecule has 0 aliphatic carbocycles. The molecule has 0 spiro atoms. The quantitative estimate of drug-likeness (QED) is 0.0982. The molecule has 0 radical (unpaired) electrons. The van der Waals surface area contributed by atoms with Crippen molar-refractivity contribution in [3.63, 3.8) is 0 Å². The average molecular weight is 760 g/mol. The molecule has 14 heteroatoms. The van der Waals surface area contributed by atoms with E-state index in [2.05, 4.69) is 25.7 Å². The van der Waals surface area contributed by atoms with Crippen molar-refractivity contribution in [2.45, 2.75) is 53.5 Å². The summed E-state index contributed by atoms with van der Waals surface area (Å²) in [7, 11) is -8.53. The second-order valence-corrected chi connectivity index (χ2v) is 15.5. The fourth-order valence-electron chi connectivity index (χ4n) is 5.70. The number of ether oxygens (including phenoxy) is 1. The Labute approximate surface area is 306 Å². The van der Waals surface area contributed by atoms with Crippen molar-refractivity contribution in [3.05, 3.63) is 95.2 Å². The van der Waals surface area contributed by atoms with E-state index in [0.717, 1.165) is 22.2 Å². The third-order valence-electron chi connectivity index (χ3n) is 8.46. The Hall–Kier alpha value is -3.72. The number of hydrogen-bond donors (Lipinski definition) is 1. The minimum absolute atomic E-state index is 0.0880. The van der Waals surface area contributed by atoms with Crippen LogP contribution >= 0.6 is 11.6 Å². The number of fused-ring (bicyclic) bond motifs is 2. The van der Waals surface area contributed by atoms with E-state index in [9.17, 15) is 25.9 Å². The van der Waals surface area contributed by atoms with E-state index in [-0.39, 0.29) is 25.9 Å². The average Bonchev–Trinajstić information content (AvgIpc) is 3.60. The van der Waals surface area contributed by atoms with Crippen LogP contribution in [0.25, 0.3) is 28.3 Å². The summed E-state index contributed by atoms with van der Waals surface area (Å²) in [6.45, 7) is 12.6. The number of halogens is 1. The van der Waals surface area contributed by atoms with Crippen molar-refractivity contribution in [3.8, 4) is 16.9 Å². The molecule has 0 fully saturated rings. The molecule has 3 aromatic carbocycles. The van der Waals surface area contributed by atoms with Gasteiger partial charge in [0.05, 0.1) is 27.6 Å². The summed E-state index contributed by atoms with van der Waals surface area (Å²) in [5, 5.41) is 0.476. The minimum atomic E-state index is -4.39. The molecule has 1 aliphatic rings. The molecule has 1 aliphatic heterocycles. The zero-order chi connectivity index (χ0) is 37.2. The van der Waals surface area contributed by atoms with E-state index in [4.69, 9.17) is 20.8 Å². The maximum atomic E-state index is 11.5. The van der Waals surface area contributed by atoms with E-state index in [1.54, 1.807) is 23.1 Å². The largest absolute Gasteiger partial charge is 0.748 e. The number of oxazole rings is 1. The molecule has 0 unspecified atom stereocenters. The van der Waals surface area contributed by atoms with E-state index in [1.165, 1.54) is 19.6 Å². The topological polar surface area (TPSA) is 144 Å². The Bertz CT molecular complexity index is 2050. The molecule has 2 heterocycles. The first-order valence-corrected chi connectivity index (χ1v) is 20.6. The molecular formula is C37H46ClN3O8S2. The van der Waals surface area contributed by atoms with Crippen LogP contribution in [0.15, 0.2) is 88.7 Å². The third kappa shape index (κ3) is 11.6. The highest BCUT2D eigenvalue weighted by molar-refractivity contribution is 7.85. The molecule has 1 aromatic heterocycles. The number of rotatable bonds is 15. The molecule has 5 rings (SSSR count). The van der Waals surface area contributed by atoms with Crippen LogP contribution in [0.4, 0.5) is 5.69 Å². The highest BCUT2D eigenvalue weighted by Gasteiger charge is 2.28. The molecule has 0 bridgehead atoms. The smallest absolute Gasteiger partial charge is 0.374 e. The molecule has 0 saturated carbocycles. The summed E-state index contributed by atoms with van der Waals surface area (Å²) in [5.74, 6) is 0.521. The highest BCUT2D eigenvalue weighted by atomic mass is 35.5. The first-order valence-electron chi connectivity index (χ1n) is 17.0. The Balaban J connectivity index is 0.000000755. The van der Waals surface area contributed by atoms with Gasteiger partial charge in [-0.05, 0) is 73.4 Å². The number of aryl methyl sites for hydroxylation is 1. The Morgan fingerprint density at radius 2 is 1.63 bits per heavy atom. The lowest BCUT2D eigenvalue weighted by Crippen LogP contribution is -2.36. The zero-order valence-electron chi connectivity index (χ0n) is 29.4. The highest BCUT2D eigenvalue weighted by Crippen LogP contribution is 2.41. The number of nitrogens with zero attached hydrogens (tertiary/aromatic N) is 3. The van der Waals surface area contributed by atoms with Crippen molar-refractivity contribution >= 4 is 54.7 Å². The third-order valence-corrected chi connectivity index (χ3v) is 10.3. The summed E-state index contributed by atoms with van der Waals surface area (Å²) in [6.07, 6.45) is 4.45. The van der Waals surface area contributed by atoms with Gasteiger partial charge in [-0.25, -0.2) is 8.42 Å². The van der Waals surface area contributed by atoms with Crippen molar-refractivity contribution in [2.24, 2.45) is 0 Å². The van der Waals surface area contributed by atoms with Gasteiger partial charge in [0.15, 0.2) is 12.3 Å². The summed E-state index contributed by atoms with van der Waals surface area (Å²) in [5.41, 5.74) is 4.79. The van der Waals surface area contributed by atoms with Crippen molar-refractivity contribution in [2.75, 3.05) is 42.6 Å². The monoisotopic (exact) mass is 759 g/mol. The Morgan fingerprint density at radius 1 is 0.922 bits per heavy atom. The number of aromatic nitrogens is 1.